The van der Waals surface area contributed by atoms with Crippen LogP contribution in [0.4, 0.5) is 0 Å². The molecule has 0 bridgehead atoms. The van der Waals surface area contributed by atoms with Gasteiger partial charge in [0.25, 0.3) is 5.78 Å². The molecule has 0 aliphatic carbocycles. The number of hydrogen-bond acceptors (Lipinski definition) is 7. The highest BCUT2D eigenvalue weighted by Gasteiger charge is 2.25. The lowest BCUT2D eigenvalue weighted by molar-refractivity contribution is -0.114. The Kier molecular flexibility index (Phi) is 4.51. The van der Waals surface area contributed by atoms with Gasteiger partial charge in [-0.15, -0.1) is 5.10 Å². The minimum atomic E-state index is -3.89. The number of aromatic nitrogens is 3. The minimum Gasteiger partial charge on any atom is -0.449 e. The van der Waals surface area contributed by atoms with Gasteiger partial charge in [0.15, 0.2) is 0 Å². The second-order valence-electron chi connectivity index (χ2n) is 4.93. The van der Waals surface area contributed by atoms with Crippen molar-refractivity contribution >= 4 is 33.0 Å². The van der Waals surface area contributed by atoms with Crippen molar-refractivity contribution in [1.82, 2.24) is 15.2 Å². The number of rotatable bonds is 6. The Morgan fingerprint density at radius 1 is 1.12 bits per heavy atom. The summed E-state index contributed by atoms with van der Waals surface area (Å²) in [6.45, 7) is 0. The lowest BCUT2D eigenvalue weighted by atomic mass is 10.1. The number of nitrogens with one attached hydrogen (secondary N) is 1. The minimum absolute atomic E-state index is 0.000857. The molecule has 0 atom stereocenters. The number of ketones is 2. The van der Waals surface area contributed by atoms with Crippen molar-refractivity contribution in [1.29, 1.82) is 0 Å². The molecule has 1 aromatic carbocycles. The molecule has 0 spiro atoms. The zero-order valence-electron chi connectivity index (χ0n) is 12.5. The summed E-state index contributed by atoms with van der Waals surface area (Å²) in [5, 5.41) is 5.92. The van der Waals surface area contributed by atoms with Crippen LogP contribution in [0.15, 0.2) is 57.1 Å². The first kappa shape index (κ1) is 17.1. The van der Waals surface area contributed by atoms with Gasteiger partial charge in [0.05, 0.1) is 11.3 Å². The predicted molar refractivity (Wildman–Crippen MR) is 85.0 cm³/mol. The fourth-order valence-corrected chi connectivity index (χ4v) is 3.33. The lowest BCUT2D eigenvalue weighted by Crippen LogP contribution is -2.17. The Morgan fingerprint density at radius 2 is 1.84 bits per heavy atom. The summed E-state index contributed by atoms with van der Waals surface area (Å²) in [4.78, 5) is 27.3. The number of hydrogen-bond donors (Lipinski definition) is 1. The van der Waals surface area contributed by atoms with Crippen LogP contribution in [-0.4, -0.2) is 35.2 Å². The number of carbonyl (C=O) groups is 2. The van der Waals surface area contributed by atoms with Crippen molar-refractivity contribution in [2.24, 2.45) is 0 Å². The summed E-state index contributed by atoms with van der Waals surface area (Å²) < 4.78 is 30.1. The van der Waals surface area contributed by atoms with Crippen LogP contribution in [0.3, 0.4) is 0 Å². The molecular weight excluding hydrogens is 370 g/mol. The summed E-state index contributed by atoms with van der Waals surface area (Å²) in [6, 6.07) is 8.13. The van der Waals surface area contributed by atoms with E-state index in [9.17, 15) is 18.0 Å². The van der Waals surface area contributed by atoms with E-state index >= 15 is 0 Å². The molecule has 0 aliphatic rings. The Bertz CT molecular complexity index is 1020. The van der Waals surface area contributed by atoms with Crippen LogP contribution in [0, 0.1) is 0 Å². The first-order valence-electron chi connectivity index (χ1n) is 6.90. The Hall–Kier alpha value is -2.78. The number of H-pyrrole nitrogens is 1. The van der Waals surface area contributed by atoms with Crippen molar-refractivity contribution in [3.8, 4) is 0 Å². The van der Waals surface area contributed by atoms with E-state index in [1.165, 1.54) is 42.7 Å². The fourth-order valence-electron chi connectivity index (χ4n) is 2.01. The van der Waals surface area contributed by atoms with Gasteiger partial charge in [-0.25, -0.2) is 13.4 Å². The number of Topliss-reactive ketones (excluding diaryl/α,β-unsaturated/α-hetero) is 2. The van der Waals surface area contributed by atoms with Crippen LogP contribution in [0.2, 0.25) is 5.02 Å². The van der Waals surface area contributed by atoms with Crippen LogP contribution in [0.5, 0.6) is 0 Å². The molecule has 3 rings (SSSR count). The Morgan fingerprint density at radius 3 is 2.48 bits per heavy atom. The molecule has 10 heteroatoms. The second-order valence-corrected chi connectivity index (χ2v) is 7.25. The zero-order valence-corrected chi connectivity index (χ0v) is 14.0. The maximum atomic E-state index is 12.5. The lowest BCUT2D eigenvalue weighted by Gasteiger charge is -2.01. The smallest absolute Gasteiger partial charge is 0.268 e. The average Bonchev–Trinajstić information content (AvgIpc) is 3.26. The van der Waals surface area contributed by atoms with E-state index in [1.54, 1.807) is 0 Å². The third kappa shape index (κ3) is 3.52. The van der Waals surface area contributed by atoms with Crippen LogP contribution < -0.4 is 0 Å². The first-order chi connectivity index (χ1) is 11.9. The molecule has 0 unspecified atom stereocenters. The van der Waals surface area contributed by atoms with Crippen LogP contribution in [0.1, 0.15) is 16.4 Å². The van der Waals surface area contributed by atoms with Crippen molar-refractivity contribution in [2.45, 2.75) is 16.4 Å². The maximum absolute atomic E-state index is 12.5. The van der Waals surface area contributed by atoms with Crippen molar-refractivity contribution < 1.29 is 22.4 Å². The number of nitrogens with zero attached hydrogens (tertiary/aromatic N) is 2. The van der Waals surface area contributed by atoms with E-state index in [1.807, 2.05) is 0 Å². The van der Waals surface area contributed by atoms with Gasteiger partial charge in [-0.05, 0) is 36.4 Å². The van der Waals surface area contributed by atoms with Gasteiger partial charge in [-0.1, -0.05) is 11.6 Å². The molecule has 1 N–H and O–H groups in total. The second kappa shape index (κ2) is 6.61. The van der Waals surface area contributed by atoms with Crippen molar-refractivity contribution in [3.63, 3.8) is 0 Å². The molecule has 8 nitrogen and oxygen atoms in total. The summed E-state index contributed by atoms with van der Waals surface area (Å²) in [5.41, 5.74) is 0. The monoisotopic (exact) mass is 379 g/mol. The molecule has 0 fully saturated rings. The van der Waals surface area contributed by atoms with Gasteiger partial charge in [0.1, 0.15) is 12.1 Å². The Balaban J connectivity index is 1.79. The number of carbonyl (C=O) groups excluding carboxylic acids is 2. The normalized spacial score (nSPS) is 11.4. The number of benzene rings is 1. The van der Waals surface area contributed by atoms with E-state index < -0.39 is 27.8 Å². The fraction of sp³-hybridized carbons (Fsp3) is 0.0667. The van der Waals surface area contributed by atoms with E-state index in [-0.39, 0.29) is 21.6 Å². The molecule has 3 aromatic rings. The third-order valence-corrected chi connectivity index (χ3v) is 5.13. The third-order valence-electron chi connectivity index (χ3n) is 3.23. The highest BCUT2D eigenvalue weighted by Crippen LogP contribution is 2.24. The quantitative estimate of drug-likeness (QED) is 0.512. The molecule has 0 saturated carbocycles. The molecule has 0 aliphatic heterocycles. The van der Waals surface area contributed by atoms with Gasteiger partial charge in [-0.3, -0.25) is 14.7 Å². The van der Waals surface area contributed by atoms with Crippen LogP contribution in [0.25, 0.3) is 0 Å². The van der Waals surface area contributed by atoms with Gasteiger partial charge < -0.3 is 4.42 Å². The average molecular weight is 380 g/mol. The zero-order chi connectivity index (χ0) is 18.0. The summed E-state index contributed by atoms with van der Waals surface area (Å²) in [5.74, 6) is -1.92. The molecule has 0 saturated heterocycles. The van der Waals surface area contributed by atoms with Crippen LogP contribution in [-0.2, 0) is 21.1 Å². The Labute approximate surface area is 146 Å². The van der Waals surface area contributed by atoms with Gasteiger partial charge in [-0.2, -0.15) is 0 Å². The molecule has 25 heavy (non-hydrogen) atoms. The molecule has 0 radical (unpaired) electrons. The molecular formula is C15H10ClN3O5S. The number of halogens is 1. The largest absolute Gasteiger partial charge is 0.449 e. The van der Waals surface area contributed by atoms with Crippen LogP contribution >= 0.6 is 11.6 Å². The number of furan rings is 1. The van der Waals surface area contributed by atoms with Gasteiger partial charge in [0.2, 0.25) is 26.5 Å². The highest BCUT2D eigenvalue weighted by atomic mass is 35.5. The number of aromatic amines is 1. The molecule has 0 amide bonds. The summed E-state index contributed by atoms with van der Waals surface area (Å²) >= 11 is 5.74. The maximum Gasteiger partial charge on any atom is 0.268 e. The van der Waals surface area contributed by atoms with E-state index in [0.717, 1.165) is 0 Å². The summed E-state index contributed by atoms with van der Waals surface area (Å²) in [7, 11) is -3.89. The van der Waals surface area contributed by atoms with Gasteiger partial charge >= 0.3 is 0 Å². The predicted octanol–water partition coefficient (Wildman–Crippen LogP) is 1.88. The van der Waals surface area contributed by atoms with E-state index in [0.29, 0.717) is 5.02 Å². The molecule has 2 heterocycles. The topological polar surface area (TPSA) is 123 Å². The van der Waals surface area contributed by atoms with E-state index in [2.05, 4.69) is 15.2 Å². The SMILES string of the molecule is O=C(Cc1ccc(S(=O)(=O)c2ccc(Cl)cc2)o1)C(=O)c1nc[nH]n1. The molecule has 2 aromatic heterocycles. The molecule has 128 valence electrons. The first-order valence-corrected chi connectivity index (χ1v) is 8.77. The van der Waals surface area contributed by atoms with Gasteiger partial charge in [0, 0.05) is 5.02 Å². The highest BCUT2D eigenvalue weighted by molar-refractivity contribution is 7.91. The van der Waals surface area contributed by atoms with Crippen molar-refractivity contribution in [3.05, 3.63) is 59.3 Å². The van der Waals surface area contributed by atoms with E-state index in [4.69, 9.17) is 16.0 Å². The standard InChI is InChI=1S/C15H10ClN3O5S/c16-9-1-4-11(5-2-9)25(22,23)13-6-3-10(24-13)7-12(20)14(21)15-17-8-18-19-15/h1-6,8H,7H2,(H,17,18,19). The number of sulfone groups is 1. The summed E-state index contributed by atoms with van der Waals surface area (Å²) in [6.07, 6.45) is 0.772. The van der Waals surface area contributed by atoms with Crippen molar-refractivity contribution in [2.75, 3.05) is 0 Å².